The Morgan fingerprint density at radius 1 is 0.418 bits per heavy atom. The summed E-state index contributed by atoms with van der Waals surface area (Å²) in [4.78, 5) is 0. The second-order valence-electron chi connectivity index (χ2n) is 24.9. The molecule has 67 heavy (non-hydrogen) atoms. The standard InChI is InChI=1S/C67H60/c1-67(2)59-33-41(53-13-7-39-3-5-43-29-51(31-45-11-17-57(53)65(39)63(43)45)61-47-21-35-19-36(23-47)24-48(61)22-35)9-15-55(59)56-16-10-42(34-60(56)67)54-14-8-40-4-6-44-30-52(32-46-12-18-58(54)66(40)64(44)46)62-49-25-37-20-38(27-49)28-50(62)26-37/h3-18,29-33,35-38,42,47-50,61-62H,19-28,34H2,1-2H3. The van der Waals surface area contributed by atoms with Gasteiger partial charge in [0.2, 0.25) is 0 Å². The molecule has 0 heterocycles. The molecular formula is C67H60. The van der Waals surface area contributed by atoms with E-state index in [0.29, 0.717) is 5.92 Å². The number of benzene rings is 9. The highest BCUT2D eigenvalue weighted by molar-refractivity contribution is 6.26. The Kier molecular flexibility index (Phi) is 7.27. The summed E-state index contributed by atoms with van der Waals surface area (Å²) in [6.45, 7) is 5.01. The monoisotopic (exact) mass is 864 g/mol. The Balaban J connectivity index is 0.706. The van der Waals surface area contributed by atoms with Crippen LogP contribution >= 0.6 is 0 Å². The van der Waals surface area contributed by atoms with Gasteiger partial charge in [0.25, 0.3) is 0 Å². The number of hydrogen-bond donors (Lipinski definition) is 0. The molecule has 0 spiro atoms. The lowest BCUT2D eigenvalue weighted by Gasteiger charge is -2.54. The van der Waals surface area contributed by atoms with Gasteiger partial charge in [0.1, 0.15) is 0 Å². The van der Waals surface area contributed by atoms with E-state index in [9.17, 15) is 0 Å². The van der Waals surface area contributed by atoms with E-state index in [2.05, 4.69) is 141 Å². The van der Waals surface area contributed by atoms with Gasteiger partial charge in [-0.2, -0.15) is 0 Å². The third-order valence-electron chi connectivity index (χ3n) is 21.2. The molecule has 19 rings (SSSR count). The van der Waals surface area contributed by atoms with Crippen LogP contribution in [0.1, 0.15) is 130 Å². The molecule has 0 radical (unpaired) electrons. The van der Waals surface area contributed by atoms with Crippen LogP contribution in [0.3, 0.4) is 0 Å². The van der Waals surface area contributed by atoms with Crippen LogP contribution < -0.4 is 0 Å². The summed E-state index contributed by atoms with van der Waals surface area (Å²) in [7, 11) is 0. The van der Waals surface area contributed by atoms with Gasteiger partial charge < -0.3 is 0 Å². The molecule has 1 unspecified atom stereocenters. The molecule has 10 aliphatic carbocycles. The Morgan fingerprint density at radius 3 is 1.45 bits per heavy atom. The van der Waals surface area contributed by atoms with Crippen molar-refractivity contribution < 1.29 is 0 Å². The SMILES string of the molecule is CC1(C)C2=C(C=CC(c3ccc4ccc5cc(C6C7CC8CC(C7)CC6C8)cc6ccc3c4c56)C2)c2ccc(-c3ccc4ccc5cc(C6C7CC8CC(C7)CC6C8)cc6ccc3c4c56)cc21. The quantitative estimate of drug-likeness (QED) is 0.155. The van der Waals surface area contributed by atoms with E-state index < -0.39 is 0 Å². The lowest BCUT2D eigenvalue weighted by molar-refractivity contribution is -0.00276. The van der Waals surface area contributed by atoms with Crippen molar-refractivity contribution in [2.45, 2.75) is 108 Å². The van der Waals surface area contributed by atoms with Crippen LogP contribution in [-0.4, -0.2) is 0 Å². The van der Waals surface area contributed by atoms with Crippen molar-refractivity contribution in [1.82, 2.24) is 0 Å². The van der Waals surface area contributed by atoms with Crippen molar-refractivity contribution in [2.24, 2.45) is 47.3 Å². The first-order valence-electron chi connectivity index (χ1n) is 26.8. The average molecular weight is 865 g/mol. The third kappa shape index (κ3) is 5.06. The first kappa shape index (κ1) is 37.5. The van der Waals surface area contributed by atoms with Crippen molar-refractivity contribution in [3.63, 3.8) is 0 Å². The fraction of sp³-hybridized carbons (Fsp3) is 0.373. The third-order valence-corrected chi connectivity index (χ3v) is 21.2. The molecule has 8 fully saturated rings. The largest absolute Gasteiger partial charge is 0.0760 e. The van der Waals surface area contributed by atoms with Crippen LogP contribution in [0, 0.1) is 47.3 Å². The highest BCUT2D eigenvalue weighted by Crippen LogP contribution is 2.62. The summed E-state index contributed by atoms with van der Waals surface area (Å²) in [5, 5.41) is 17.3. The summed E-state index contributed by atoms with van der Waals surface area (Å²) < 4.78 is 0. The summed E-state index contributed by atoms with van der Waals surface area (Å²) in [6, 6.07) is 47.3. The minimum atomic E-state index is -0.0556. The molecule has 0 aliphatic heterocycles. The van der Waals surface area contributed by atoms with Gasteiger partial charge in [0, 0.05) is 11.3 Å². The van der Waals surface area contributed by atoms with Crippen LogP contribution in [0.2, 0.25) is 0 Å². The van der Waals surface area contributed by atoms with Crippen molar-refractivity contribution >= 4 is 70.2 Å². The summed E-state index contributed by atoms with van der Waals surface area (Å²) in [6.07, 6.45) is 21.0. The molecule has 8 bridgehead atoms. The second kappa shape index (κ2) is 13.0. The van der Waals surface area contributed by atoms with Crippen LogP contribution in [-0.2, 0) is 5.41 Å². The van der Waals surface area contributed by atoms with Gasteiger partial charge in [-0.3, -0.25) is 0 Å². The molecule has 8 saturated carbocycles. The summed E-state index contributed by atoms with van der Waals surface area (Å²) >= 11 is 0. The van der Waals surface area contributed by atoms with Crippen LogP contribution in [0.5, 0.6) is 0 Å². The first-order valence-corrected chi connectivity index (χ1v) is 26.8. The number of hydrogen-bond acceptors (Lipinski definition) is 0. The van der Waals surface area contributed by atoms with Gasteiger partial charge >= 0.3 is 0 Å². The molecule has 0 aromatic heterocycles. The molecule has 1 atom stereocenters. The zero-order chi connectivity index (χ0) is 43.6. The highest BCUT2D eigenvalue weighted by Gasteiger charge is 2.50. The van der Waals surface area contributed by atoms with Gasteiger partial charge in [0.05, 0.1) is 0 Å². The fourth-order valence-electron chi connectivity index (χ4n) is 19.0. The minimum absolute atomic E-state index is 0.0556. The van der Waals surface area contributed by atoms with Crippen molar-refractivity contribution in [3.8, 4) is 11.1 Å². The molecule has 0 heteroatoms. The van der Waals surface area contributed by atoms with Crippen molar-refractivity contribution in [2.75, 3.05) is 0 Å². The maximum atomic E-state index is 2.63. The zero-order valence-corrected chi connectivity index (χ0v) is 39.3. The predicted octanol–water partition coefficient (Wildman–Crippen LogP) is 18.0. The molecule has 0 amide bonds. The Labute approximate surface area is 395 Å². The molecule has 328 valence electrons. The molecule has 0 nitrogen and oxygen atoms in total. The Bertz CT molecular complexity index is 3590. The maximum Gasteiger partial charge on any atom is 0.0121 e. The normalized spacial score (nSPS) is 32.1. The summed E-state index contributed by atoms with van der Waals surface area (Å²) in [5.41, 5.74) is 13.4. The lowest BCUT2D eigenvalue weighted by Crippen LogP contribution is -2.43. The number of rotatable bonds is 4. The van der Waals surface area contributed by atoms with Crippen LogP contribution in [0.4, 0.5) is 0 Å². The molecule has 9 aromatic carbocycles. The molecule has 10 aliphatic rings. The molecule has 0 N–H and O–H groups in total. The fourth-order valence-corrected chi connectivity index (χ4v) is 19.0. The predicted molar refractivity (Wildman–Crippen MR) is 282 cm³/mol. The van der Waals surface area contributed by atoms with E-state index in [-0.39, 0.29) is 5.41 Å². The van der Waals surface area contributed by atoms with E-state index in [4.69, 9.17) is 0 Å². The van der Waals surface area contributed by atoms with E-state index in [1.54, 1.807) is 16.7 Å². The number of fused-ring (bicyclic) bond motifs is 2. The van der Waals surface area contributed by atoms with Crippen molar-refractivity contribution in [3.05, 3.63) is 161 Å². The first-order chi connectivity index (χ1) is 32.8. The topological polar surface area (TPSA) is 0 Å². The van der Waals surface area contributed by atoms with Gasteiger partial charge in [-0.15, -0.1) is 0 Å². The highest BCUT2D eigenvalue weighted by atomic mass is 14.5. The van der Waals surface area contributed by atoms with Crippen LogP contribution in [0.15, 0.2) is 133 Å². The van der Waals surface area contributed by atoms with Gasteiger partial charge in [-0.1, -0.05) is 141 Å². The maximum absolute atomic E-state index is 2.63. The van der Waals surface area contributed by atoms with Gasteiger partial charge in [-0.05, 0) is 245 Å². The Hall–Kier alpha value is -5.46. The van der Waals surface area contributed by atoms with E-state index >= 15 is 0 Å². The summed E-state index contributed by atoms with van der Waals surface area (Å²) in [5.74, 6) is 9.53. The van der Waals surface area contributed by atoms with Crippen LogP contribution in [0.25, 0.3) is 81.3 Å². The molecule has 0 saturated heterocycles. The van der Waals surface area contributed by atoms with E-state index in [0.717, 1.165) is 65.6 Å². The lowest BCUT2D eigenvalue weighted by atomic mass is 9.50. The zero-order valence-electron chi connectivity index (χ0n) is 39.3. The molecule has 9 aromatic rings. The smallest absolute Gasteiger partial charge is 0.0121 e. The van der Waals surface area contributed by atoms with Gasteiger partial charge in [-0.25, -0.2) is 0 Å². The van der Waals surface area contributed by atoms with E-state index in [1.165, 1.54) is 162 Å². The average Bonchev–Trinajstić information content (AvgIpc) is 3.56. The minimum Gasteiger partial charge on any atom is -0.0760 e. The van der Waals surface area contributed by atoms with Gasteiger partial charge in [0.15, 0.2) is 0 Å². The van der Waals surface area contributed by atoms with Crippen molar-refractivity contribution in [1.29, 1.82) is 0 Å². The second-order valence-corrected chi connectivity index (χ2v) is 24.9. The van der Waals surface area contributed by atoms with E-state index in [1.807, 2.05) is 0 Å². The Morgan fingerprint density at radius 2 is 0.881 bits per heavy atom. The molecular weight excluding hydrogens is 805 g/mol. The number of allylic oxidation sites excluding steroid dienone is 4.